The van der Waals surface area contributed by atoms with Crippen LogP contribution in [0, 0.1) is 6.92 Å². The molecule has 0 bridgehead atoms. The van der Waals surface area contributed by atoms with Crippen molar-refractivity contribution in [1.29, 1.82) is 0 Å². The molecule has 3 aromatic heterocycles. The lowest BCUT2D eigenvalue weighted by Gasteiger charge is -2.11. The lowest BCUT2D eigenvalue weighted by atomic mass is 10.1. The molecule has 4 aromatic rings. The van der Waals surface area contributed by atoms with Crippen LogP contribution < -0.4 is 9.47 Å². The van der Waals surface area contributed by atoms with Gasteiger partial charge in [-0.05, 0) is 42.4 Å². The van der Waals surface area contributed by atoms with Crippen LogP contribution in [-0.2, 0) is 7.05 Å². The van der Waals surface area contributed by atoms with Crippen molar-refractivity contribution in [1.82, 2.24) is 24.3 Å². The molecule has 0 fully saturated rings. The fourth-order valence-corrected chi connectivity index (χ4v) is 3.65. The number of imidazole rings is 1. The molecule has 5 rings (SSSR count). The zero-order chi connectivity index (χ0) is 18.4. The van der Waals surface area contributed by atoms with Gasteiger partial charge in [-0.3, -0.25) is 4.57 Å². The molecule has 0 N–H and O–H groups in total. The second-order valence-electron chi connectivity index (χ2n) is 6.06. The Morgan fingerprint density at radius 1 is 1.15 bits per heavy atom. The average molecular weight is 381 g/mol. The first-order valence-electron chi connectivity index (χ1n) is 8.25. The van der Waals surface area contributed by atoms with Crippen LogP contribution in [0.4, 0.5) is 0 Å². The van der Waals surface area contributed by atoms with Crippen LogP contribution in [0.5, 0.6) is 11.5 Å². The molecule has 0 spiro atoms. The van der Waals surface area contributed by atoms with Gasteiger partial charge in [0.05, 0.1) is 5.69 Å². The number of aromatic nitrogens is 5. The Balaban J connectivity index is 1.50. The van der Waals surface area contributed by atoms with Crippen molar-refractivity contribution < 1.29 is 13.9 Å². The molecule has 9 heteroatoms. The van der Waals surface area contributed by atoms with E-state index in [9.17, 15) is 0 Å². The third-order valence-electron chi connectivity index (χ3n) is 4.25. The fourth-order valence-electron chi connectivity index (χ4n) is 2.92. The Hall–Kier alpha value is -3.20. The van der Waals surface area contributed by atoms with Crippen molar-refractivity contribution in [3.05, 3.63) is 48.5 Å². The van der Waals surface area contributed by atoms with Gasteiger partial charge in [-0.2, -0.15) is 0 Å². The molecule has 0 atom stereocenters. The minimum atomic E-state index is 0.246. The topological polar surface area (TPSA) is 80.1 Å². The molecule has 136 valence electrons. The second kappa shape index (κ2) is 6.20. The molecule has 1 aliphatic rings. The molecule has 1 aliphatic heterocycles. The number of fused-ring (bicyclic) bond motifs is 1. The standard InChI is InChI=1S/C18H15N5O3S/c1-11-7-14-15(25-10-24-14)8-12(11)23-6-5-19-17(23)13-3-4-16(26-13)27-18-21-20-9-22(18)2/h3-9H,10H2,1-2H3. The summed E-state index contributed by atoms with van der Waals surface area (Å²) in [5.74, 6) is 2.87. The Kier molecular flexibility index (Phi) is 3.68. The molecule has 8 nitrogen and oxygen atoms in total. The third kappa shape index (κ3) is 2.76. The highest BCUT2D eigenvalue weighted by Gasteiger charge is 2.19. The van der Waals surface area contributed by atoms with E-state index < -0.39 is 0 Å². The van der Waals surface area contributed by atoms with Crippen LogP contribution in [0.15, 0.2) is 57.7 Å². The van der Waals surface area contributed by atoms with Gasteiger partial charge >= 0.3 is 0 Å². The van der Waals surface area contributed by atoms with Gasteiger partial charge in [-0.25, -0.2) is 4.98 Å². The Labute approximate surface area is 158 Å². The van der Waals surface area contributed by atoms with Crippen molar-refractivity contribution in [3.63, 3.8) is 0 Å². The number of hydrogen-bond donors (Lipinski definition) is 0. The van der Waals surface area contributed by atoms with Gasteiger partial charge < -0.3 is 18.5 Å². The van der Waals surface area contributed by atoms with Gasteiger partial charge in [0.1, 0.15) is 6.33 Å². The predicted octanol–water partition coefficient (Wildman–Crippen LogP) is 3.45. The van der Waals surface area contributed by atoms with Gasteiger partial charge in [0.2, 0.25) is 6.79 Å². The molecule has 0 saturated heterocycles. The summed E-state index contributed by atoms with van der Waals surface area (Å²) in [6.07, 6.45) is 5.30. The SMILES string of the molecule is Cc1cc2c(cc1-n1ccnc1-c1ccc(Sc3nncn3C)o1)OCO2. The molecule has 27 heavy (non-hydrogen) atoms. The zero-order valence-corrected chi connectivity index (χ0v) is 15.4. The molecule has 0 radical (unpaired) electrons. The summed E-state index contributed by atoms with van der Waals surface area (Å²) < 4.78 is 20.8. The van der Waals surface area contributed by atoms with Crippen molar-refractivity contribution in [2.75, 3.05) is 6.79 Å². The number of rotatable bonds is 4. The Bertz CT molecular complexity index is 1130. The van der Waals surface area contributed by atoms with Crippen molar-refractivity contribution in [2.24, 2.45) is 7.05 Å². The lowest BCUT2D eigenvalue weighted by Crippen LogP contribution is -1.98. The summed E-state index contributed by atoms with van der Waals surface area (Å²) in [6, 6.07) is 7.74. The Morgan fingerprint density at radius 3 is 2.81 bits per heavy atom. The van der Waals surface area contributed by atoms with Crippen LogP contribution in [0.3, 0.4) is 0 Å². The quantitative estimate of drug-likeness (QED) is 0.536. The average Bonchev–Trinajstić information content (AvgIpc) is 3.42. The number of benzene rings is 1. The van der Waals surface area contributed by atoms with Crippen LogP contribution in [-0.4, -0.2) is 31.1 Å². The summed E-state index contributed by atoms with van der Waals surface area (Å²) in [5, 5.41) is 9.42. The van der Waals surface area contributed by atoms with Crippen LogP contribution in [0.25, 0.3) is 17.3 Å². The lowest BCUT2D eigenvalue weighted by molar-refractivity contribution is 0.174. The van der Waals surface area contributed by atoms with Gasteiger partial charge in [-0.1, -0.05) is 0 Å². The van der Waals surface area contributed by atoms with E-state index in [2.05, 4.69) is 15.2 Å². The van der Waals surface area contributed by atoms with E-state index in [-0.39, 0.29) is 6.79 Å². The van der Waals surface area contributed by atoms with Gasteiger partial charge in [-0.15, -0.1) is 10.2 Å². The molecule has 0 saturated carbocycles. The molecular weight excluding hydrogens is 366 g/mol. The maximum absolute atomic E-state index is 5.99. The third-order valence-corrected chi connectivity index (χ3v) is 5.23. The molecule has 1 aromatic carbocycles. The largest absolute Gasteiger partial charge is 0.454 e. The van der Waals surface area contributed by atoms with E-state index in [4.69, 9.17) is 13.9 Å². The summed E-state index contributed by atoms with van der Waals surface area (Å²) in [6.45, 7) is 2.27. The van der Waals surface area contributed by atoms with Crippen LogP contribution >= 0.6 is 11.8 Å². The van der Waals surface area contributed by atoms with E-state index in [1.165, 1.54) is 11.8 Å². The highest BCUT2D eigenvalue weighted by atomic mass is 32.2. The normalized spacial score (nSPS) is 12.7. The fraction of sp³-hybridized carbons (Fsp3) is 0.167. The summed E-state index contributed by atoms with van der Waals surface area (Å²) in [5.41, 5.74) is 2.02. The summed E-state index contributed by atoms with van der Waals surface area (Å²) in [4.78, 5) is 4.48. The number of nitrogens with zero attached hydrogens (tertiary/aromatic N) is 5. The summed E-state index contributed by atoms with van der Waals surface area (Å²) >= 11 is 1.41. The monoisotopic (exact) mass is 381 g/mol. The van der Waals surface area contributed by atoms with E-state index in [1.54, 1.807) is 12.5 Å². The highest BCUT2D eigenvalue weighted by Crippen LogP contribution is 2.37. The second-order valence-corrected chi connectivity index (χ2v) is 7.03. The van der Waals surface area contributed by atoms with E-state index in [1.807, 2.05) is 53.6 Å². The zero-order valence-electron chi connectivity index (χ0n) is 14.6. The van der Waals surface area contributed by atoms with Gasteiger partial charge in [0, 0.05) is 25.5 Å². The first kappa shape index (κ1) is 16.0. The Morgan fingerprint density at radius 2 is 2.00 bits per heavy atom. The van der Waals surface area contributed by atoms with Crippen molar-refractivity contribution in [2.45, 2.75) is 17.2 Å². The van der Waals surface area contributed by atoms with E-state index in [0.29, 0.717) is 11.6 Å². The number of ether oxygens (including phenoxy) is 2. The molecule has 0 amide bonds. The van der Waals surface area contributed by atoms with Gasteiger partial charge in [0.25, 0.3) is 0 Å². The first-order chi connectivity index (χ1) is 13.2. The number of hydrogen-bond acceptors (Lipinski definition) is 7. The van der Waals surface area contributed by atoms with Gasteiger partial charge in [0.15, 0.2) is 33.3 Å². The molecular formula is C18H15N5O3S. The van der Waals surface area contributed by atoms with Crippen LogP contribution in [0.2, 0.25) is 0 Å². The van der Waals surface area contributed by atoms with E-state index >= 15 is 0 Å². The molecule has 0 aliphatic carbocycles. The maximum Gasteiger partial charge on any atom is 0.231 e. The first-order valence-corrected chi connectivity index (χ1v) is 9.07. The highest BCUT2D eigenvalue weighted by molar-refractivity contribution is 7.99. The molecule has 0 unspecified atom stereocenters. The minimum absolute atomic E-state index is 0.246. The number of aryl methyl sites for hydroxylation is 2. The summed E-state index contributed by atoms with van der Waals surface area (Å²) in [7, 11) is 1.89. The maximum atomic E-state index is 5.99. The van der Waals surface area contributed by atoms with Crippen molar-refractivity contribution >= 4 is 11.8 Å². The van der Waals surface area contributed by atoms with Crippen molar-refractivity contribution in [3.8, 4) is 28.8 Å². The molecule has 4 heterocycles. The van der Waals surface area contributed by atoms with Crippen LogP contribution in [0.1, 0.15) is 5.56 Å². The number of furan rings is 1. The van der Waals surface area contributed by atoms with E-state index in [0.717, 1.165) is 33.0 Å². The smallest absolute Gasteiger partial charge is 0.231 e. The minimum Gasteiger partial charge on any atom is -0.454 e. The predicted molar refractivity (Wildman–Crippen MR) is 97.3 cm³/mol.